The molecule has 0 bridgehead atoms. The summed E-state index contributed by atoms with van der Waals surface area (Å²) >= 11 is 3.27. The lowest BCUT2D eigenvalue weighted by atomic mass is 10.3. The fraction of sp³-hybridized carbons (Fsp3) is 0. The minimum absolute atomic E-state index is 0.0805. The SMILES string of the molecule is O=C(Nc1cccc(Br)c1)C(=O)Nc1ncccn1. The van der Waals surface area contributed by atoms with Crippen molar-refractivity contribution >= 4 is 39.4 Å². The van der Waals surface area contributed by atoms with Gasteiger partial charge in [0, 0.05) is 22.6 Å². The van der Waals surface area contributed by atoms with Crippen molar-refractivity contribution in [1.82, 2.24) is 9.97 Å². The van der Waals surface area contributed by atoms with Gasteiger partial charge in [0.25, 0.3) is 0 Å². The summed E-state index contributed by atoms with van der Waals surface area (Å²) in [5, 5.41) is 4.76. The summed E-state index contributed by atoms with van der Waals surface area (Å²) in [4.78, 5) is 30.8. The molecule has 0 atom stereocenters. The van der Waals surface area contributed by atoms with Gasteiger partial charge in [0.1, 0.15) is 0 Å². The standard InChI is InChI=1S/C12H9BrN4O2/c13-8-3-1-4-9(7-8)16-10(18)11(19)17-12-14-5-2-6-15-12/h1-7H,(H,16,18)(H,14,15,17,19). The summed E-state index contributed by atoms with van der Waals surface area (Å²) in [5.41, 5.74) is 0.517. The molecule has 96 valence electrons. The van der Waals surface area contributed by atoms with Gasteiger partial charge < -0.3 is 5.32 Å². The number of anilines is 2. The highest BCUT2D eigenvalue weighted by atomic mass is 79.9. The Bertz CT molecular complexity index is 604. The number of rotatable bonds is 2. The lowest BCUT2D eigenvalue weighted by molar-refractivity contribution is -0.133. The normalized spacial score (nSPS) is 9.74. The third-order valence-electron chi connectivity index (χ3n) is 2.08. The highest BCUT2D eigenvalue weighted by Crippen LogP contribution is 2.15. The van der Waals surface area contributed by atoms with Gasteiger partial charge in [-0.05, 0) is 24.3 Å². The zero-order valence-corrected chi connectivity index (χ0v) is 11.2. The highest BCUT2D eigenvalue weighted by Gasteiger charge is 2.14. The van der Waals surface area contributed by atoms with Gasteiger partial charge >= 0.3 is 11.8 Å². The predicted octanol–water partition coefficient (Wildman–Crippen LogP) is 1.82. The van der Waals surface area contributed by atoms with Crippen molar-refractivity contribution in [1.29, 1.82) is 0 Å². The molecule has 1 aromatic carbocycles. The Hall–Kier alpha value is -2.28. The lowest BCUT2D eigenvalue weighted by Gasteiger charge is -2.05. The second-order valence-corrected chi connectivity index (χ2v) is 4.41. The van der Waals surface area contributed by atoms with Crippen LogP contribution in [0.2, 0.25) is 0 Å². The molecule has 0 aliphatic heterocycles. The van der Waals surface area contributed by atoms with E-state index >= 15 is 0 Å². The van der Waals surface area contributed by atoms with Crippen LogP contribution < -0.4 is 10.6 Å². The van der Waals surface area contributed by atoms with Crippen molar-refractivity contribution in [2.24, 2.45) is 0 Å². The van der Waals surface area contributed by atoms with Crippen LogP contribution in [0, 0.1) is 0 Å². The molecular formula is C12H9BrN4O2. The van der Waals surface area contributed by atoms with Crippen LogP contribution in [0.4, 0.5) is 11.6 Å². The molecule has 19 heavy (non-hydrogen) atoms. The Morgan fingerprint density at radius 3 is 2.37 bits per heavy atom. The van der Waals surface area contributed by atoms with Crippen molar-refractivity contribution in [3.8, 4) is 0 Å². The number of benzene rings is 1. The molecule has 0 fully saturated rings. The van der Waals surface area contributed by atoms with Gasteiger partial charge in [-0.1, -0.05) is 22.0 Å². The number of nitrogens with zero attached hydrogens (tertiary/aromatic N) is 2. The van der Waals surface area contributed by atoms with Crippen molar-refractivity contribution in [3.63, 3.8) is 0 Å². The van der Waals surface area contributed by atoms with Gasteiger partial charge in [0.2, 0.25) is 5.95 Å². The summed E-state index contributed by atoms with van der Waals surface area (Å²) in [6.07, 6.45) is 2.93. The Morgan fingerprint density at radius 2 is 1.68 bits per heavy atom. The van der Waals surface area contributed by atoms with E-state index < -0.39 is 11.8 Å². The fourth-order valence-electron chi connectivity index (χ4n) is 1.28. The minimum atomic E-state index is -0.828. The van der Waals surface area contributed by atoms with Crippen LogP contribution in [-0.4, -0.2) is 21.8 Å². The number of halogens is 1. The number of carbonyl (C=O) groups excluding carboxylic acids is 2. The first-order valence-electron chi connectivity index (χ1n) is 5.30. The molecule has 7 heteroatoms. The Kier molecular flexibility index (Phi) is 4.19. The molecule has 2 N–H and O–H groups in total. The van der Waals surface area contributed by atoms with Gasteiger partial charge in [-0.3, -0.25) is 14.9 Å². The molecule has 2 rings (SSSR count). The van der Waals surface area contributed by atoms with Crippen molar-refractivity contribution in [2.75, 3.05) is 10.6 Å². The quantitative estimate of drug-likeness (QED) is 0.827. The first-order chi connectivity index (χ1) is 9.15. The van der Waals surface area contributed by atoms with Crippen LogP contribution in [-0.2, 0) is 9.59 Å². The van der Waals surface area contributed by atoms with E-state index in [9.17, 15) is 9.59 Å². The molecule has 2 aromatic rings. The summed E-state index contributed by atoms with van der Waals surface area (Å²) < 4.78 is 0.803. The molecule has 0 saturated carbocycles. The van der Waals surface area contributed by atoms with Crippen LogP contribution in [0.25, 0.3) is 0 Å². The highest BCUT2D eigenvalue weighted by molar-refractivity contribution is 9.10. The second-order valence-electron chi connectivity index (χ2n) is 3.49. The zero-order valence-electron chi connectivity index (χ0n) is 9.63. The molecule has 0 aliphatic rings. The third kappa shape index (κ3) is 3.85. The smallest absolute Gasteiger partial charge is 0.316 e. The van der Waals surface area contributed by atoms with E-state index in [1.54, 1.807) is 24.3 Å². The number of aromatic nitrogens is 2. The van der Waals surface area contributed by atoms with Gasteiger partial charge in [0.05, 0.1) is 0 Å². The van der Waals surface area contributed by atoms with Gasteiger partial charge in [-0.15, -0.1) is 0 Å². The monoisotopic (exact) mass is 320 g/mol. The van der Waals surface area contributed by atoms with Gasteiger partial charge in [-0.2, -0.15) is 0 Å². The van der Waals surface area contributed by atoms with Crippen LogP contribution >= 0.6 is 15.9 Å². The van der Waals surface area contributed by atoms with E-state index in [2.05, 4.69) is 36.5 Å². The average Bonchev–Trinajstić information content (AvgIpc) is 2.40. The van der Waals surface area contributed by atoms with Gasteiger partial charge in [0.15, 0.2) is 0 Å². The maximum Gasteiger partial charge on any atom is 0.316 e. The Balaban J connectivity index is 1.98. The minimum Gasteiger partial charge on any atom is -0.318 e. The molecule has 1 heterocycles. The number of carbonyl (C=O) groups is 2. The maximum absolute atomic E-state index is 11.6. The molecule has 2 amide bonds. The Labute approximate surface area is 117 Å². The van der Waals surface area contributed by atoms with Crippen LogP contribution in [0.1, 0.15) is 0 Å². The summed E-state index contributed by atoms with van der Waals surface area (Å²) in [5.74, 6) is -1.53. The molecule has 0 radical (unpaired) electrons. The molecule has 0 aliphatic carbocycles. The third-order valence-corrected chi connectivity index (χ3v) is 2.57. The van der Waals surface area contributed by atoms with Crippen LogP contribution in [0.15, 0.2) is 47.2 Å². The molecular weight excluding hydrogens is 312 g/mol. The first kappa shape index (κ1) is 13.2. The topological polar surface area (TPSA) is 84.0 Å². The number of nitrogens with one attached hydrogen (secondary N) is 2. The average molecular weight is 321 g/mol. The lowest BCUT2D eigenvalue weighted by Crippen LogP contribution is -2.29. The van der Waals surface area contributed by atoms with Crippen molar-refractivity contribution in [2.45, 2.75) is 0 Å². The summed E-state index contributed by atoms with van der Waals surface area (Å²) in [6, 6.07) is 8.53. The van der Waals surface area contributed by atoms with E-state index in [1.165, 1.54) is 12.4 Å². The first-order valence-corrected chi connectivity index (χ1v) is 6.09. The van der Waals surface area contributed by atoms with Gasteiger partial charge in [-0.25, -0.2) is 9.97 Å². The molecule has 0 unspecified atom stereocenters. The zero-order chi connectivity index (χ0) is 13.7. The number of hydrogen-bond donors (Lipinski definition) is 2. The largest absolute Gasteiger partial charge is 0.318 e. The summed E-state index contributed by atoms with van der Waals surface area (Å²) in [7, 11) is 0. The van der Waals surface area contributed by atoms with Crippen LogP contribution in [0.5, 0.6) is 0 Å². The van der Waals surface area contributed by atoms with Crippen LogP contribution in [0.3, 0.4) is 0 Å². The fourth-order valence-corrected chi connectivity index (χ4v) is 1.68. The van der Waals surface area contributed by atoms with E-state index in [4.69, 9.17) is 0 Å². The number of hydrogen-bond acceptors (Lipinski definition) is 4. The van der Waals surface area contributed by atoms with E-state index in [0.717, 1.165) is 4.47 Å². The van der Waals surface area contributed by atoms with E-state index in [1.807, 2.05) is 6.07 Å². The van der Waals surface area contributed by atoms with Crippen molar-refractivity contribution < 1.29 is 9.59 Å². The molecule has 6 nitrogen and oxygen atoms in total. The van der Waals surface area contributed by atoms with E-state index in [-0.39, 0.29) is 5.95 Å². The predicted molar refractivity (Wildman–Crippen MR) is 73.4 cm³/mol. The Morgan fingerprint density at radius 1 is 1.00 bits per heavy atom. The van der Waals surface area contributed by atoms with Crippen molar-refractivity contribution in [3.05, 3.63) is 47.2 Å². The molecule has 1 aromatic heterocycles. The second kappa shape index (κ2) is 6.05. The summed E-state index contributed by atoms with van der Waals surface area (Å²) in [6.45, 7) is 0. The molecule has 0 saturated heterocycles. The number of amides is 2. The molecule has 0 spiro atoms. The maximum atomic E-state index is 11.6. The van der Waals surface area contributed by atoms with E-state index in [0.29, 0.717) is 5.69 Å².